The van der Waals surface area contributed by atoms with Gasteiger partial charge in [-0.25, -0.2) is 4.98 Å². The van der Waals surface area contributed by atoms with E-state index in [4.69, 9.17) is 10.5 Å². The summed E-state index contributed by atoms with van der Waals surface area (Å²) in [4.78, 5) is 4.40. The molecule has 0 saturated carbocycles. The lowest BCUT2D eigenvalue weighted by molar-refractivity contribution is 0.414. The molecular formula is C16H15BrN4O2. The van der Waals surface area contributed by atoms with Crippen molar-refractivity contribution in [3.8, 4) is 22.9 Å². The molecule has 0 aliphatic heterocycles. The van der Waals surface area contributed by atoms with Crippen molar-refractivity contribution in [3.63, 3.8) is 0 Å². The fraction of sp³-hybridized carbons (Fsp3) is 0.125. The number of nitrogens with zero attached hydrogens (tertiary/aromatic N) is 2. The summed E-state index contributed by atoms with van der Waals surface area (Å²) in [5.41, 5.74) is 7.62. The summed E-state index contributed by atoms with van der Waals surface area (Å²) in [5.74, 6) is 1.72. The van der Waals surface area contributed by atoms with E-state index in [2.05, 4.69) is 31.1 Å². The van der Waals surface area contributed by atoms with E-state index in [1.54, 1.807) is 25.3 Å². The molecule has 6 nitrogen and oxygen atoms in total. The Hall–Kier alpha value is -2.38. The number of H-pyrrole nitrogens is 1. The van der Waals surface area contributed by atoms with Crippen molar-refractivity contribution in [2.45, 2.75) is 6.04 Å². The van der Waals surface area contributed by atoms with Gasteiger partial charge in [0.1, 0.15) is 17.3 Å². The third-order valence-electron chi connectivity index (χ3n) is 3.45. The summed E-state index contributed by atoms with van der Waals surface area (Å²) in [7, 11) is 1.60. The van der Waals surface area contributed by atoms with Gasteiger partial charge in [-0.05, 0) is 35.9 Å². The Morgan fingerprint density at radius 1 is 1.26 bits per heavy atom. The van der Waals surface area contributed by atoms with Crippen LogP contribution in [-0.4, -0.2) is 27.4 Å². The van der Waals surface area contributed by atoms with Gasteiger partial charge >= 0.3 is 0 Å². The van der Waals surface area contributed by atoms with Crippen LogP contribution in [0.4, 0.5) is 0 Å². The molecule has 2 aromatic carbocycles. The second-order valence-electron chi connectivity index (χ2n) is 4.96. The normalized spacial score (nSPS) is 12.1. The van der Waals surface area contributed by atoms with E-state index in [9.17, 15) is 5.11 Å². The lowest BCUT2D eigenvalue weighted by atomic mass is 10.1. The van der Waals surface area contributed by atoms with Crippen LogP contribution in [0.25, 0.3) is 11.4 Å². The fourth-order valence-corrected chi connectivity index (χ4v) is 2.58. The minimum Gasteiger partial charge on any atom is -0.507 e. The molecule has 0 bridgehead atoms. The van der Waals surface area contributed by atoms with Crippen LogP contribution < -0.4 is 10.5 Å². The molecule has 0 fully saturated rings. The molecule has 1 heterocycles. The van der Waals surface area contributed by atoms with Gasteiger partial charge < -0.3 is 15.6 Å². The first-order valence-electron chi connectivity index (χ1n) is 6.89. The van der Waals surface area contributed by atoms with Crippen molar-refractivity contribution in [2.75, 3.05) is 7.11 Å². The van der Waals surface area contributed by atoms with Crippen LogP contribution >= 0.6 is 15.9 Å². The fourth-order valence-electron chi connectivity index (χ4n) is 2.21. The molecule has 0 saturated heterocycles. The van der Waals surface area contributed by atoms with E-state index in [1.807, 2.05) is 24.3 Å². The predicted molar refractivity (Wildman–Crippen MR) is 90.2 cm³/mol. The van der Waals surface area contributed by atoms with Crippen LogP contribution in [-0.2, 0) is 0 Å². The van der Waals surface area contributed by atoms with Crippen LogP contribution in [0.3, 0.4) is 0 Å². The average molecular weight is 375 g/mol. The maximum Gasteiger partial charge on any atom is 0.184 e. The van der Waals surface area contributed by atoms with Crippen LogP contribution in [0.2, 0.25) is 0 Å². The maximum absolute atomic E-state index is 9.96. The Morgan fingerprint density at radius 2 is 2.09 bits per heavy atom. The highest BCUT2D eigenvalue weighted by molar-refractivity contribution is 9.10. The highest BCUT2D eigenvalue weighted by Gasteiger charge is 2.17. The van der Waals surface area contributed by atoms with Gasteiger partial charge in [0, 0.05) is 4.47 Å². The van der Waals surface area contributed by atoms with E-state index >= 15 is 0 Å². The summed E-state index contributed by atoms with van der Waals surface area (Å²) in [5, 5.41) is 16.9. The number of ether oxygens (including phenoxy) is 1. The zero-order valence-electron chi connectivity index (χ0n) is 12.3. The maximum atomic E-state index is 9.96. The average Bonchev–Trinajstić information content (AvgIpc) is 3.06. The zero-order chi connectivity index (χ0) is 16.4. The summed E-state index contributed by atoms with van der Waals surface area (Å²) < 4.78 is 6.03. The van der Waals surface area contributed by atoms with E-state index in [1.165, 1.54) is 0 Å². The first-order valence-corrected chi connectivity index (χ1v) is 7.68. The number of aromatic hydroxyl groups is 1. The topological polar surface area (TPSA) is 97.1 Å². The van der Waals surface area contributed by atoms with Gasteiger partial charge in [-0.3, -0.25) is 5.10 Å². The minimum atomic E-state index is -0.472. The SMILES string of the molecule is COc1cccc([C@@H](N)c2nc(-c3cc(Br)ccc3O)n[nH]2)c1. The highest BCUT2D eigenvalue weighted by Crippen LogP contribution is 2.30. The Balaban J connectivity index is 1.93. The molecule has 0 unspecified atom stereocenters. The molecule has 0 spiro atoms. The Labute approximate surface area is 141 Å². The number of nitrogens with two attached hydrogens (primary N) is 1. The lowest BCUT2D eigenvalue weighted by Gasteiger charge is -2.10. The van der Waals surface area contributed by atoms with Gasteiger partial charge in [0.15, 0.2) is 5.82 Å². The lowest BCUT2D eigenvalue weighted by Crippen LogP contribution is -2.13. The minimum absolute atomic E-state index is 0.105. The number of hydrogen-bond donors (Lipinski definition) is 3. The number of benzene rings is 2. The molecule has 3 rings (SSSR count). The van der Waals surface area contributed by atoms with E-state index in [0.29, 0.717) is 17.2 Å². The van der Waals surface area contributed by atoms with Crippen LogP contribution in [0.5, 0.6) is 11.5 Å². The molecule has 7 heteroatoms. The van der Waals surface area contributed by atoms with Crippen LogP contribution in [0.1, 0.15) is 17.4 Å². The number of aromatic nitrogens is 3. The quantitative estimate of drug-likeness (QED) is 0.651. The molecule has 4 N–H and O–H groups in total. The zero-order valence-corrected chi connectivity index (χ0v) is 13.9. The van der Waals surface area contributed by atoms with E-state index in [-0.39, 0.29) is 5.75 Å². The number of phenolic OH excluding ortho intramolecular Hbond substituents is 1. The largest absolute Gasteiger partial charge is 0.507 e. The number of aromatic amines is 1. The smallest absolute Gasteiger partial charge is 0.184 e. The summed E-state index contributed by atoms with van der Waals surface area (Å²) in [6, 6.07) is 12.1. The van der Waals surface area contributed by atoms with Crippen molar-refractivity contribution >= 4 is 15.9 Å². The van der Waals surface area contributed by atoms with Gasteiger partial charge in [-0.1, -0.05) is 28.1 Å². The molecule has 0 amide bonds. The van der Waals surface area contributed by atoms with Crippen molar-refractivity contribution in [1.29, 1.82) is 0 Å². The van der Waals surface area contributed by atoms with Crippen LogP contribution in [0, 0.1) is 0 Å². The second kappa shape index (κ2) is 6.39. The first kappa shape index (κ1) is 15.5. The van der Waals surface area contributed by atoms with Crippen molar-refractivity contribution < 1.29 is 9.84 Å². The molecular weight excluding hydrogens is 360 g/mol. The van der Waals surface area contributed by atoms with Crippen molar-refractivity contribution in [2.24, 2.45) is 5.73 Å². The first-order chi connectivity index (χ1) is 11.1. The Bertz CT molecular complexity index is 834. The monoisotopic (exact) mass is 374 g/mol. The van der Waals surface area contributed by atoms with Gasteiger partial charge in [0.25, 0.3) is 0 Å². The molecule has 0 radical (unpaired) electrons. The third kappa shape index (κ3) is 3.20. The van der Waals surface area contributed by atoms with Crippen LogP contribution in [0.15, 0.2) is 46.9 Å². The summed E-state index contributed by atoms with van der Waals surface area (Å²) >= 11 is 3.37. The van der Waals surface area contributed by atoms with E-state index < -0.39 is 6.04 Å². The number of phenols is 1. The van der Waals surface area contributed by atoms with Crippen molar-refractivity contribution in [1.82, 2.24) is 15.2 Å². The number of rotatable bonds is 4. The van der Waals surface area contributed by atoms with Gasteiger partial charge in [-0.15, -0.1) is 0 Å². The molecule has 1 aromatic heterocycles. The predicted octanol–water partition coefficient (Wildman–Crippen LogP) is 3.00. The molecule has 0 aliphatic rings. The number of methoxy groups -OCH3 is 1. The number of halogens is 1. The molecule has 1 atom stereocenters. The van der Waals surface area contributed by atoms with E-state index in [0.717, 1.165) is 15.8 Å². The van der Waals surface area contributed by atoms with Crippen molar-refractivity contribution in [3.05, 3.63) is 58.3 Å². The third-order valence-corrected chi connectivity index (χ3v) is 3.94. The summed E-state index contributed by atoms with van der Waals surface area (Å²) in [6.07, 6.45) is 0. The second-order valence-corrected chi connectivity index (χ2v) is 5.88. The Kier molecular flexibility index (Phi) is 4.31. The van der Waals surface area contributed by atoms with Gasteiger partial charge in [0.2, 0.25) is 0 Å². The standard InChI is InChI=1S/C16H15BrN4O2/c1-23-11-4-2-3-9(7-11)14(18)16-19-15(20-21-16)12-8-10(17)5-6-13(12)22/h2-8,14,22H,18H2,1H3,(H,19,20,21)/t14-/m1/s1. The molecule has 0 aliphatic carbocycles. The van der Waals surface area contributed by atoms with Gasteiger partial charge in [-0.2, -0.15) is 5.10 Å². The molecule has 3 aromatic rings. The molecule has 23 heavy (non-hydrogen) atoms. The molecule has 118 valence electrons. The van der Waals surface area contributed by atoms with Gasteiger partial charge in [0.05, 0.1) is 18.7 Å². The number of nitrogens with one attached hydrogen (secondary N) is 1. The summed E-state index contributed by atoms with van der Waals surface area (Å²) in [6.45, 7) is 0. The highest BCUT2D eigenvalue weighted by atomic mass is 79.9. The number of hydrogen-bond acceptors (Lipinski definition) is 5. The Morgan fingerprint density at radius 3 is 2.87 bits per heavy atom.